The number of carbonyl (C=O) groups is 1. The largest absolute Gasteiger partial charge is 0.476 e. The zero-order chi connectivity index (χ0) is 14.5. The number of hydrogen-bond acceptors (Lipinski definition) is 4. The van der Waals surface area contributed by atoms with Gasteiger partial charge in [0, 0.05) is 11.3 Å². The Morgan fingerprint density at radius 1 is 1.40 bits per heavy atom. The van der Waals surface area contributed by atoms with Crippen LogP contribution in [0.2, 0.25) is 0 Å². The summed E-state index contributed by atoms with van der Waals surface area (Å²) < 4.78 is 24.9. The highest BCUT2D eigenvalue weighted by Crippen LogP contribution is 2.33. The van der Waals surface area contributed by atoms with Gasteiger partial charge in [0.05, 0.1) is 17.5 Å². The summed E-state index contributed by atoms with van der Waals surface area (Å²) in [6.45, 7) is 2.10. The highest BCUT2D eigenvalue weighted by atomic mass is 32.2. The Hall–Kier alpha value is -1.37. The summed E-state index contributed by atoms with van der Waals surface area (Å²) in [4.78, 5) is 11.3. The molecule has 20 heavy (non-hydrogen) atoms. The van der Waals surface area contributed by atoms with Gasteiger partial charge in [-0.15, -0.1) is 0 Å². The molecular formula is C13H18N2O4S. The maximum Gasteiger partial charge on any atom is 0.356 e. The molecule has 6 nitrogen and oxygen atoms in total. The highest BCUT2D eigenvalue weighted by Gasteiger charge is 2.35. The number of rotatable bonds is 2. The van der Waals surface area contributed by atoms with Crippen molar-refractivity contribution in [2.45, 2.75) is 38.6 Å². The molecule has 1 saturated heterocycles. The van der Waals surface area contributed by atoms with Crippen LogP contribution in [-0.2, 0) is 22.7 Å². The standard InChI is InChI=1S/C13H18N2O4S/c1-8-2-3-11-10(6-8)12(13(16)17)14-15(11)9-4-5-20(18,19)7-9/h8-9H,2-7H2,1H3,(H,16,17). The number of carboxylic acids is 1. The monoisotopic (exact) mass is 298 g/mol. The van der Waals surface area contributed by atoms with Crippen LogP contribution in [0.15, 0.2) is 0 Å². The number of carboxylic acid groups (broad SMARTS) is 1. The van der Waals surface area contributed by atoms with Crippen LogP contribution in [0.5, 0.6) is 0 Å². The smallest absolute Gasteiger partial charge is 0.356 e. The van der Waals surface area contributed by atoms with Crippen molar-refractivity contribution < 1.29 is 18.3 Å². The molecule has 0 amide bonds. The topological polar surface area (TPSA) is 89.3 Å². The predicted molar refractivity (Wildman–Crippen MR) is 72.7 cm³/mol. The second-order valence-electron chi connectivity index (χ2n) is 5.93. The number of hydrogen-bond donors (Lipinski definition) is 1. The zero-order valence-electron chi connectivity index (χ0n) is 11.4. The van der Waals surface area contributed by atoms with Crippen molar-refractivity contribution in [1.29, 1.82) is 0 Å². The highest BCUT2D eigenvalue weighted by molar-refractivity contribution is 7.91. The van der Waals surface area contributed by atoms with Crippen LogP contribution in [0.25, 0.3) is 0 Å². The number of nitrogens with zero attached hydrogens (tertiary/aromatic N) is 2. The van der Waals surface area contributed by atoms with Crippen molar-refractivity contribution in [3.63, 3.8) is 0 Å². The van der Waals surface area contributed by atoms with E-state index in [1.807, 2.05) is 0 Å². The fraction of sp³-hybridized carbons (Fsp3) is 0.692. The number of sulfone groups is 1. The van der Waals surface area contributed by atoms with Crippen molar-refractivity contribution in [2.24, 2.45) is 5.92 Å². The summed E-state index contributed by atoms with van der Waals surface area (Å²) >= 11 is 0. The fourth-order valence-electron chi connectivity index (χ4n) is 3.26. The van der Waals surface area contributed by atoms with Gasteiger partial charge in [-0.3, -0.25) is 4.68 Å². The van der Waals surface area contributed by atoms with Crippen LogP contribution in [0.3, 0.4) is 0 Å². The summed E-state index contributed by atoms with van der Waals surface area (Å²) in [5, 5.41) is 13.5. The Morgan fingerprint density at radius 2 is 2.15 bits per heavy atom. The van der Waals surface area contributed by atoms with Crippen molar-refractivity contribution >= 4 is 15.8 Å². The lowest BCUT2D eigenvalue weighted by atomic mass is 9.87. The van der Waals surface area contributed by atoms with E-state index in [4.69, 9.17) is 0 Å². The summed E-state index contributed by atoms with van der Waals surface area (Å²) in [5.41, 5.74) is 1.85. The third-order valence-corrected chi connectivity index (χ3v) is 6.05. The molecule has 2 heterocycles. The van der Waals surface area contributed by atoms with E-state index in [-0.39, 0.29) is 23.2 Å². The number of aromatic carboxylic acids is 1. The van der Waals surface area contributed by atoms with Crippen molar-refractivity contribution in [3.8, 4) is 0 Å². The normalized spacial score (nSPS) is 28.2. The van der Waals surface area contributed by atoms with Crippen LogP contribution < -0.4 is 0 Å². The van der Waals surface area contributed by atoms with E-state index in [9.17, 15) is 18.3 Å². The zero-order valence-corrected chi connectivity index (χ0v) is 12.2. The van der Waals surface area contributed by atoms with Crippen molar-refractivity contribution in [2.75, 3.05) is 11.5 Å². The van der Waals surface area contributed by atoms with Crippen LogP contribution in [-0.4, -0.2) is 40.8 Å². The van der Waals surface area contributed by atoms with E-state index >= 15 is 0 Å². The van der Waals surface area contributed by atoms with Crippen LogP contribution in [0, 0.1) is 5.92 Å². The molecule has 1 aliphatic heterocycles. The van der Waals surface area contributed by atoms with Gasteiger partial charge in [-0.05, 0) is 31.6 Å². The van der Waals surface area contributed by atoms with E-state index in [0.29, 0.717) is 12.3 Å². The second kappa shape index (κ2) is 4.58. The molecule has 1 aromatic rings. The van der Waals surface area contributed by atoms with E-state index in [0.717, 1.165) is 30.5 Å². The minimum absolute atomic E-state index is 0.0791. The van der Waals surface area contributed by atoms with Gasteiger partial charge >= 0.3 is 5.97 Å². The molecule has 0 spiro atoms. The van der Waals surface area contributed by atoms with E-state index < -0.39 is 15.8 Å². The molecule has 2 aliphatic rings. The van der Waals surface area contributed by atoms with E-state index in [1.54, 1.807) is 4.68 Å². The first kappa shape index (κ1) is 13.6. The summed E-state index contributed by atoms with van der Waals surface area (Å²) in [6.07, 6.45) is 3.03. The van der Waals surface area contributed by atoms with Crippen LogP contribution >= 0.6 is 0 Å². The molecule has 110 valence electrons. The molecule has 1 aromatic heterocycles. The van der Waals surface area contributed by atoms with Gasteiger partial charge in [0.15, 0.2) is 15.5 Å². The lowest BCUT2D eigenvalue weighted by molar-refractivity contribution is 0.0688. The minimum Gasteiger partial charge on any atom is -0.476 e. The van der Waals surface area contributed by atoms with Gasteiger partial charge in [-0.2, -0.15) is 5.10 Å². The SMILES string of the molecule is CC1CCc2c(c(C(=O)O)nn2C2CCS(=O)(=O)C2)C1. The summed E-state index contributed by atoms with van der Waals surface area (Å²) in [6, 6.07) is -0.199. The Morgan fingerprint density at radius 3 is 2.75 bits per heavy atom. The molecule has 0 bridgehead atoms. The molecule has 1 N–H and O–H groups in total. The van der Waals surface area contributed by atoms with E-state index in [1.165, 1.54) is 0 Å². The van der Waals surface area contributed by atoms with Gasteiger partial charge < -0.3 is 5.11 Å². The van der Waals surface area contributed by atoms with Gasteiger partial charge in [0.1, 0.15) is 0 Å². The Bertz CT molecular complexity index is 662. The summed E-state index contributed by atoms with van der Waals surface area (Å²) in [5.74, 6) is -0.318. The first-order chi connectivity index (χ1) is 9.37. The molecular weight excluding hydrogens is 280 g/mol. The van der Waals surface area contributed by atoms with Gasteiger partial charge in [-0.25, -0.2) is 13.2 Å². The lowest BCUT2D eigenvalue weighted by Gasteiger charge is -2.21. The van der Waals surface area contributed by atoms with Gasteiger partial charge in [0.25, 0.3) is 0 Å². The molecule has 7 heteroatoms. The molecule has 1 fully saturated rings. The fourth-order valence-corrected chi connectivity index (χ4v) is 4.95. The second-order valence-corrected chi connectivity index (χ2v) is 8.16. The molecule has 2 atom stereocenters. The van der Waals surface area contributed by atoms with Crippen LogP contribution in [0.1, 0.15) is 47.6 Å². The third-order valence-electron chi connectivity index (χ3n) is 4.30. The molecule has 2 unspecified atom stereocenters. The molecule has 0 radical (unpaired) electrons. The average Bonchev–Trinajstić information content (AvgIpc) is 2.89. The minimum atomic E-state index is -3.00. The third kappa shape index (κ3) is 2.24. The van der Waals surface area contributed by atoms with Crippen molar-refractivity contribution in [1.82, 2.24) is 9.78 Å². The number of fused-ring (bicyclic) bond motifs is 1. The maximum absolute atomic E-state index is 11.6. The van der Waals surface area contributed by atoms with Crippen LogP contribution in [0.4, 0.5) is 0 Å². The average molecular weight is 298 g/mol. The molecule has 0 saturated carbocycles. The Balaban J connectivity index is 2.04. The Kier molecular flexibility index (Phi) is 3.12. The lowest BCUT2D eigenvalue weighted by Crippen LogP contribution is -2.19. The quantitative estimate of drug-likeness (QED) is 0.882. The first-order valence-corrected chi connectivity index (χ1v) is 8.73. The van der Waals surface area contributed by atoms with E-state index in [2.05, 4.69) is 12.0 Å². The first-order valence-electron chi connectivity index (χ1n) is 6.91. The Labute approximate surface area is 117 Å². The molecule has 1 aliphatic carbocycles. The molecule has 3 rings (SSSR count). The maximum atomic E-state index is 11.6. The summed E-state index contributed by atoms with van der Waals surface area (Å²) in [7, 11) is -3.00. The van der Waals surface area contributed by atoms with Crippen molar-refractivity contribution in [3.05, 3.63) is 17.0 Å². The number of aromatic nitrogens is 2. The van der Waals surface area contributed by atoms with Gasteiger partial charge in [0.2, 0.25) is 0 Å². The van der Waals surface area contributed by atoms with Gasteiger partial charge in [-0.1, -0.05) is 6.92 Å². The molecule has 0 aromatic carbocycles. The predicted octanol–water partition coefficient (Wildman–Crippen LogP) is 1.07.